The van der Waals surface area contributed by atoms with E-state index >= 15 is 0 Å². The van der Waals surface area contributed by atoms with E-state index in [-0.39, 0.29) is 44.0 Å². The van der Waals surface area contributed by atoms with Crippen LogP contribution in [0.2, 0.25) is 0 Å². The molecular weight excluding hydrogens is 287 g/mol. The SMILES string of the molecule is CC1=CC[C]([Ti+2][C]2=C(C)C(C)=CC2)=C1C.[Cl-].[Cl-]. The summed E-state index contributed by atoms with van der Waals surface area (Å²) in [5.74, 6) is 0. The Morgan fingerprint density at radius 1 is 0.765 bits per heavy atom. The molecule has 0 bridgehead atoms. The molecule has 92 valence electrons. The second-order valence-corrected chi connectivity index (χ2v) is 6.79. The number of hydrogen-bond acceptors (Lipinski definition) is 0. The molecule has 0 aromatic heterocycles. The van der Waals surface area contributed by atoms with E-state index in [2.05, 4.69) is 39.8 Å². The zero-order valence-electron chi connectivity index (χ0n) is 10.8. The average molecular weight is 305 g/mol. The van der Waals surface area contributed by atoms with Gasteiger partial charge in [-0.25, -0.2) is 0 Å². The van der Waals surface area contributed by atoms with E-state index in [0.29, 0.717) is 0 Å². The molecule has 0 aromatic rings. The summed E-state index contributed by atoms with van der Waals surface area (Å²) in [6.07, 6.45) is 7.24. The minimum absolute atomic E-state index is 0. The van der Waals surface area contributed by atoms with Gasteiger partial charge >= 0.3 is 102 Å². The molecule has 0 saturated heterocycles. The van der Waals surface area contributed by atoms with Gasteiger partial charge in [0.25, 0.3) is 0 Å². The first kappa shape index (κ1) is 17.3. The summed E-state index contributed by atoms with van der Waals surface area (Å²) in [6, 6.07) is 0. The topological polar surface area (TPSA) is 0 Å². The van der Waals surface area contributed by atoms with Gasteiger partial charge in [-0.15, -0.1) is 0 Å². The largest absolute Gasteiger partial charge is 1.00 e. The van der Waals surface area contributed by atoms with E-state index in [1.165, 1.54) is 24.0 Å². The van der Waals surface area contributed by atoms with Crippen molar-refractivity contribution in [3.63, 3.8) is 0 Å². The first-order chi connectivity index (χ1) is 7.09. The fraction of sp³-hybridized carbons (Fsp3) is 0.429. The van der Waals surface area contributed by atoms with E-state index < -0.39 is 0 Å². The summed E-state index contributed by atoms with van der Waals surface area (Å²) in [7, 11) is 0. The first-order valence-electron chi connectivity index (χ1n) is 5.60. The molecule has 0 nitrogen and oxygen atoms in total. The van der Waals surface area contributed by atoms with E-state index in [9.17, 15) is 0 Å². The Balaban J connectivity index is 0.00000128. The molecule has 0 heterocycles. The van der Waals surface area contributed by atoms with Crippen LogP contribution in [0.1, 0.15) is 40.5 Å². The van der Waals surface area contributed by atoms with Gasteiger partial charge in [-0.1, -0.05) is 0 Å². The normalized spacial score (nSPS) is 18.4. The van der Waals surface area contributed by atoms with Gasteiger partial charge in [0.1, 0.15) is 0 Å². The predicted octanol–water partition coefficient (Wildman–Crippen LogP) is -1.68. The molecule has 0 amide bonds. The van der Waals surface area contributed by atoms with Crippen LogP contribution in [-0.4, -0.2) is 0 Å². The summed E-state index contributed by atoms with van der Waals surface area (Å²) in [6.45, 7) is 9.08. The molecule has 0 atom stereocenters. The van der Waals surface area contributed by atoms with Crippen molar-refractivity contribution >= 4 is 0 Å². The van der Waals surface area contributed by atoms with Crippen molar-refractivity contribution in [1.82, 2.24) is 0 Å². The third-order valence-electron chi connectivity index (χ3n) is 3.61. The van der Waals surface area contributed by atoms with Gasteiger partial charge in [-0.05, 0) is 0 Å². The van der Waals surface area contributed by atoms with Gasteiger partial charge in [0, 0.05) is 0 Å². The van der Waals surface area contributed by atoms with Crippen molar-refractivity contribution < 1.29 is 44.0 Å². The number of allylic oxidation sites excluding steroid dienone is 8. The van der Waals surface area contributed by atoms with Crippen molar-refractivity contribution in [2.24, 2.45) is 0 Å². The van der Waals surface area contributed by atoms with Crippen molar-refractivity contribution in [3.8, 4) is 0 Å². The molecule has 0 N–H and O–H groups in total. The molecule has 0 unspecified atom stereocenters. The van der Waals surface area contributed by atoms with Crippen LogP contribution in [0, 0.1) is 0 Å². The quantitative estimate of drug-likeness (QED) is 0.535. The maximum absolute atomic E-state index is 2.39. The summed E-state index contributed by atoms with van der Waals surface area (Å²) in [5, 5.41) is 0. The molecule has 0 aromatic carbocycles. The fourth-order valence-electron chi connectivity index (χ4n) is 2.07. The molecule has 0 aliphatic heterocycles. The van der Waals surface area contributed by atoms with Crippen LogP contribution in [0.25, 0.3) is 0 Å². The predicted molar refractivity (Wildman–Crippen MR) is 62.1 cm³/mol. The summed E-state index contributed by atoms with van der Waals surface area (Å²) in [5.41, 5.74) is 6.18. The summed E-state index contributed by atoms with van der Waals surface area (Å²) in [4.78, 5) is 0. The average Bonchev–Trinajstić information content (AvgIpc) is 2.68. The van der Waals surface area contributed by atoms with Gasteiger partial charge in [-0.3, -0.25) is 0 Å². The Hall–Kier alpha value is 0.254. The van der Waals surface area contributed by atoms with Crippen LogP contribution in [0.15, 0.2) is 42.2 Å². The van der Waals surface area contributed by atoms with E-state index in [0.717, 1.165) is 0 Å². The molecule has 3 heteroatoms. The van der Waals surface area contributed by atoms with Gasteiger partial charge in [0.05, 0.1) is 0 Å². The number of rotatable bonds is 2. The van der Waals surface area contributed by atoms with Crippen molar-refractivity contribution in [3.05, 3.63) is 42.2 Å². The van der Waals surface area contributed by atoms with Crippen LogP contribution in [0.4, 0.5) is 0 Å². The maximum atomic E-state index is 2.39. The van der Waals surface area contributed by atoms with Crippen molar-refractivity contribution in [2.75, 3.05) is 0 Å². The summed E-state index contributed by atoms with van der Waals surface area (Å²) >= 11 is -0.00593. The molecule has 2 rings (SSSR count). The third kappa shape index (κ3) is 3.61. The van der Waals surface area contributed by atoms with Crippen molar-refractivity contribution in [2.45, 2.75) is 40.5 Å². The van der Waals surface area contributed by atoms with E-state index in [1.807, 2.05) is 0 Å². The molecule has 0 saturated carbocycles. The Kier molecular flexibility index (Phi) is 7.10. The Morgan fingerprint density at radius 3 is 1.35 bits per heavy atom. The van der Waals surface area contributed by atoms with Gasteiger partial charge in [0.2, 0.25) is 0 Å². The van der Waals surface area contributed by atoms with Crippen LogP contribution >= 0.6 is 0 Å². The first-order valence-corrected chi connectivity index (χ1v) is 7.16. The fourth-order valence-corrected chi connectivity index (χ4v) is 4.48. The molecule has 0 spiro atoms. The monoisotopic (exact) mass is 304 g/mol. The van der Waals surface area contributed by atoms with Crippen molar-refractivity contribution in [1.29, 1.82) is 0 Å². The van der Waals surface area contributed by atoms with Gasteiger partial charge < -0.3 is 24.8 Å². The minimum Gasteiger partial charge on any atom is -1.00 e. The van der Waals surface area contributed by atoms with Crippen LogP contribution < -0.4 is 24.8 Å². The second kappa shape index (κ2) is 6.99. The van der Waals surface area contributed by atoms with Crippen LogP contribution in [0.3, 0.4) is 0 Å². The third-order valence-corrected chi connectivity index (χ3v) is 6.37. The van der Waals surface area contributed by atoms with Gasteiger partial charge in [-0.2, -0.15) is 0 Å². The zero-order chi connectivity index (χ0) is 11.0. The van der Waals surface area contributed by atoms with Crippen LogP contribution in [0.5, 0.6) is 0 Å². The minimum atomic E-state index is -0.00593. The second-order valence-electron chi connectivity index (χ2n) is 4.51. The standard InChI is InChI=1S/2C7H9.2ClH.Ti/c2*1-6-4-3-5-7(6)2;;;/h2*4H,3H2,1-2H3;2*1H;/q;;;;+2/p-2. The Labute approximate surface area is 126 Å². The summed E-state index contributed by atoms with van der Waals surface area (Å²) < 4.78 is 3.51. The van der Waals surface area contributed by atoms with Gasteiger partial charge in [0.15, 0.2) is 0 Å². The molecular formula is C14H18Cl2Ti. The number of hydrogen-bond donors (Lipinski definition) is 0. The molecule has 17 heavy (non-hydrogen) atoms. The molecule has 2 aliphatic carbocycles. The molecule has 0 fully saturated rings. The molecule has 2 aliphatic rings. The zero-order valence-corrected chi connectivity index (χ0v) is 13.9. The van der Waals surface area contributed by atoms with E-state index in [1.54, 1.807) is 18.9 Å². The number of halogens is 2. The Morgan fingerprint density at radius 2 is 1.12 bits per heavy atom. The maximum Gasteiger partial charge on any atom is -1.00 e. The van der Waals surface area contributed by atoms with E-state index in [4.69, 9.17) is 0 Å². The van der Waals surface area contributed by atoms with Crippen LogP contribution in [-0.2, 0) is 19.2 Å². The molecule has 0 radical (unpaired) electrons. The Bertz CT molecular complexity index is 386. The smallest absolute Gasteiger partial charge is 1.00 e.